The fraction of sp³-hybridized carbons (Fsp3) is 0.812. The van der Waals surface area contributed by atoms with Crippen LogP contribution in [0.25, 0.3) is 0 Å². The summed E-state index contributed by atoms with van der Waals surface area (Å²) in [4.78, 5) is 13.1. The van der Waals surface area contributed by atoms with E-state index in [-0.39, 0.29) is 12.5 Å². The van der Waals surface area contributed by atoms with Gasteiger partial charge in [0.1, 0.15) is 24.4 Å². The van der Waals surface area contributed by atoms with Crippen molar-refractivity contribution in [3.63, 3.8) is 0 Å². The van der Waals surface area contributed by atoms with Crippen LogP contribution in [-0.4, -0.2) is 87.5 Å². The van der Waals surface area contributed by atoms with E-state index in [4.69, 9.17) is 9.47 Å². The second-order valence-electron chi connectivity index (χ2n) is 22.9. The maximum absolute atomic E-state index is 13.1. The Morgan fingerprint density at radius 1 is 0.449 bits per heavy atom. The Morgan fingerprint density at radius 2 is 0.808 bits per heavy atom. The number of allylic oxidation sites excluding steroid dienone is 11. The lowest BCUT2D eigenvalue weighted by Crippen LogP contribution is -2.60. The van der Waals surface area contributed by atoms with Gasteiger partial charge in [0.25, 0.3) is 0 Å². The fourth-order valence-corrected chi connectivity index (χ4v) is 10.3. The minimum atomic E-state index is -1.58. The van der Waals surface area contributed by atoms with Crippen molar-refractivity contribution in [2.75, 3.05) is 13.2 Å². The van der Waals surface area contributed by atoms with E-state index in [0.717, 1.165) is 77.0 Å². The molecule has 1 rings (SSSR count). The van der Waals surface area contributed by atoms with Gasteiger partial charge in [0.05, 0.1) is 25.4 Å². The van der Waals surface area contributed by atoms with Gasteiger partial charge in [0, 0.05) is 6.42 Å². The molecule has 0 aliphatic carbocycles. The highest BCUT2D eigenvalue weighted by Gasteiger charge is 2.44. The zero-order chi connectivity index (χ0) is 56.5. The van der Waals surface area contributed by atoms with Gasteiger partial charge >= 0.3 is 0 Å². The minimum absolute atomic E-state index is 0.191. The number of amides is 1. The molecule has 0 bridgehead atoms. The monoisotopic (exact) mass is 1100 g/mol. The van der Waals surface area contributed by atoms with E-state index in [1.807, 2.05) is 6.08 Å². The second-order valence-corrected chi connectivity index (χ2v) is 22.9. The first-order valence-electron chi connectivity index (χ1n) is 33.2. The van der Waals surface area contributed by atoms with Crippen LogP contribution >= 0.6 is 0 Å². The van der Waals surface area contributed by atoms with Crippen molar-refractivity contribution in [3.05, 3.63) is 72.9 Å². The number of nitrogens with one attached hydrogen (secondary N) is 1. The molecule has 1 aliphatic heterocycles. The fourth-order valence-electron chi connectivity index (χ4n) is 10.3. The van der Waals surface area contributed by atoms with Gasteiger partial charge < -0.3 is 40.3 Å². The van der Waals surface area contributed by atoms with E-state index in [1.54, 1.807) is 6.08 Å². The molecular weight excluding hydrogens is 971 g/mol. The largest absolute Gasteiger partial charge is 0.394 e. The normalized spacial score (nSPS) is 19.1. The summed E-state index contributed by atoms with van der Waals surface area (Å²) in [6.45, 7) is 3.68. The van der Waals surface area contributed by atoms with E-state index in [2.05, 4.69) is 79.9 Å². The van der Waals surface area contributed by atoms with Gasteiger partial charge in [-0.1, -0.05) is 299 Å². The molecule has 9 nitrogen and oxygen atoms in total. The molecule has 0 aromatic heterocycles. The molecule has 1 saturated heterocycles. The van der Waals surface area contributed by atoms with E-state index < -0.39 is 49.5 Å². The number of rotatable bonds is 57. The van der Waals surface area contributed by atoms with Crippen LogP contribution in [-0.2, 0) is 14.3 Å². The number of hydrogen-bond donors (Lipinski definition) is 6. The molecule has 454 valence electrons. The predicted octanol–water partition coefficient (Wildman–Crippen LogP) is 17.6. The molecule has 1 heterocycles. The van der Waals surface area contributed by atoms with E-state index >= 15 is 0 Å². The molecule has 7 atom stereocenters. The van der Waals surface area contributed by atoms with Crippen LogP contribution in [0.5, 0.6) is 0 Å². The summed E-state index contributed by atoms with van der Waals surface area (Å²) in [6, 6.07) is -0.830. The van der Waals surface area contributed by atoms with Gasteiger partial charge in [-0.05, 0) is 70.6 Å². The van der Waals surface area contributed by atoms with E-state index in [9.17, 15) is 30.3 Å². The second kappa shape index (κ2) is 57.8. The highest BCUT2D eigenvalue weighted by Crippen LogP contribution is 2.23. The molecule has 0 aromatic carbocycles. The SMILES string of the molecule is CC/C=C\C/C=C\C/C=C\C/C=C\CCCCCCCCCCCCC(=O)NC(COC1OC(CO)C(O)C(O)C1O)C(O)/C=C/CC/C=C/CCCCCCCCCCCCCCCCCCCCCCCCCCCC. The van der Waals surface area contributed by atoms with Gasteiger partial charge in [-0.25, -0.2) is 0 Å². The molecular formula is C69H125NO8. The Bertz CT molecular complexity index is 1460. The predicted molar refractivity (Wildman–Crippen MR) is 332 cm³/mol. The van der Waals surface area contributed by atoms with Crippen LogP contribution in [0.3, 0.4) is 0 Å². The van der Waals surface area contributed by atoms with Crippen molar-refractivity contribution in [2.45, 2.75) is 346 Å². The Hall–Kier alpha value is -2.37. The summed E-state index contributed by atoms with van der Waals surface area (Å²) in [5, 5.41) is 54.7. The molecule has 1 aliphatic rings. The van der Waals surface area contributed by atoms with Crippen LogP contribution in [0, 0.1) is 0 Å². The topological polar surface area (TPSA) is 149 Å². The summed E-state index contributed by atoms with van der Waals surface area (Å²) in [5.74, 6) is -0.191. The highest BCUT2D eigenvalue weighted by molar-refractivity contribution is 5.76. The first kappa shape index (κ1) is 73.6. The molecule has 6 N–H and O–H groups in total. The number of ether oxygens (including phenoxy) is 2. The van der Waals surface area contributed by atoms with Gasteiger partial charge in [0.15, 0.2) is 6.29 Å². The molecule has 9 heteroatoms. The number of hydrogen-bond acceptors (Lipinski definition) is 8. The van der Waals surface area contributed by atoms with Gasteiger partial charge in [-0.15, -0.1) is 0 Å². The zero-order valence-corrected chi connectivity index (χ0v) is 50.7. The maximum atomic E-state index is 13.1. The lowest BCUT2D eigenvalue weighted by atomic mass is 9.99. The third-order valence-electron chi connectivity index (χ3n) is 15.5. The van der Waals surface area contributed by atoms with Crippen molar-refractivity contribution < 1.29 is 39.8 Å². The van der Waals surface area contributed by atoms with Crippen molar-refractivity contribution in [1.82, 2.24) is 5.32 Å². The Morgan fingerprint density at radius 3 is 1.23 bits per heavy atom. The van der Waals surface area contributed by atoms with Crippen LogP contribution in [0.15, 0.2) is 72.9 Å². The maximum Gasteiger partial charge on any atom is 0.220 e. The van der Waals surface area contributed by atoms with Crippen molar-refractivity contribution in [1.29, 1.82) is 0 Å². The van der Waals surface area contributed by atoms with Gasteiger partial charge in [-0.2, -0.15) is 0 Å². The van der Waals surface area contributed by atoms with E-state index in [0.29, 0.717) is 6.42 Å². The number of aliphatic hydroxyl groups is 5. The summed E-state index contributed by atoms with van der Waals surface area (Å²) >= 11 is 0. The molecule has 1 amide bonds. The summed E-state index contributed by atoms with van der Waals surface area (Å²) < 4.78 is 11.3. The summed E-state index contributed by atoms with van der Waals surface area (Å²) in [7, 11) is 0. The van der Waals surface area contributed by atoms with Gasteiger partial charge in [0.2, 0.25) is 5.91 Å². The molecule has 0 saturated carbocycles. The van der Waals surface area contributed by atoms with E-state index in [1.165, 1.54) is 205 Å². The standard InChI is InChI=1S/C69H125NO8/c1-3-5-7-9-11-13-15-17-19-21-23-25-27-28-29-30-31-32-33-34-35-37-38-40-42-44-46-48-50-52-54-56-58-63(72)62(61-77-69-68(76)67(75)66(74)64(60-71)78-69)70-65(73)59-57-55-53-51-49-47-45-43-41-39-36-26-24-22-20-18-16-14-12-10-8-6-4-2/h6,8,12,14,18,20,24,26,48,50,56,58,62-64,66-69,71-72,74-76H,3-5,7,9-11,13,15-17,19,21-23,25,27-47,49,51-55,57,59-61H2,1-2H3,(H,70,73)/b8-6-,14-12-,20-18-,26-24-,50-48+,58-56+. The average Bonchev–Trinajstić information content (AvgIpc) is 3.45. The molecule has 0 aromatic rings. The molecule has 1 fully saturated rings. The molecule has 78 heavy (non-hydrogen) atoms. The third-order valence-corrected chi connectivity index (χ3v) is 15.5. The first-order chi connectivity index (χ1) is 38.3. The summed E-state index contributed by atoms with van der Waals surface area (Å²) in [5.41, 5.74) is 0. The average molecular weight is 1100 g/mol. The number of carbonyl (C=O) groups is 1. The number of carbonyl (C=O) groups excluding carboxylic acids is 1. The molecule has 0 radical (unpaired) electrons. The Balaban J connectivity index is 2.17. The number of unbranched alkanes of at least 4 members (excludes halogenated alkanes) is 37. The van der Waals surface area contributed by atoms with Crippen molar-refractivity contribution in [3.8, 4) is 0 Å². The van der Waals surface area contributed by atoms with Crippen LogP contribution in [0.4, 0.5) is 0 Å². The van der Waals surface area contributed by atoms with Crippen molar-refractivity contribution in [2.24, 2.45) is 0 Å². The van der Waals surface area contributed by atoms with Crippen LogP contribution < -0.4 is 5.32 Å². The lowest BCUT2D eigenvalue weighted by molar-refractivity contribution is -0.302. The van der Waals surface area contributed by atoms with Crippen molar-refractivity contribution >= 4 is 5.91 Å². The first-order valence-corrected chi connectivity index (χ1v) is 33.2. The smallest absolute Gasteiger partial charge is 0.220 e. The van der Waals surface area contributed by atoms with Crippen LogP contribution in [0.2, 0.25) is 0 Å². The molecule has 0 spiro atoms. The minimum Gasteiger partial charge on any atom is -0.394 e. The number of aliphatic hydroxyl groups excluding tert-OH is 5. The highest BCUT2D eigenvalue weighted by atomic mass is 16.7. The quantitative estimate of drug-likeness (QED) is 0.0261. The Kier molecular flexibility index (Phi) is 54.6. The van der Waals surface area contributed by atoms with Gasteiger partial charge in [-0.3, -0.25) is 4.79 Å². The van der Waals surface area contributed by atoms with Crippen LogP contribution in [0.1, 0.15) is 303 Å². The lowest BCUT2D eigenvalue weighted by Gasteiger charge is -2.40. The zero-order valence-electron chi connectivity index (χ0n) is 50.7. The Labute approximate surface area is 480 Å². The molecule has 7 unspecified atom stereocenters. The third kappa shape index (κ3) is 46.3. The summed E-state index contributed by atoms with van der Waals surface area (Å²) in [6.07, 6.45) is 74.3.